The summed E-state index contributed by atoms with van der Waals surface area (Å²) in [6.07, 6.45) is 0.472. The van der Waals surface area contributed by atoms with Crippen LogP contribution in [-0.4, -0.2) is 25.6 Å². The summed E-state index contributed by atoms with van der Waals surface area (Å²) >= 11 is 1.78. The van der Waals surface area contributed by atoms with Gasteiger partial charge in [0.25, 0.3) is 0 Å². The topological polar surface area (TPSA) is 44.8 Å². The number of hydrogen-bond donors (Lipinski definition) is 0. The number of methoxy groups -OCH3 is 1. The molecule has 5 heteroatoms. The molecular weight excluding hydrogens is 264 g/mol. The molecule has 1 aliphatic rings. The molecule has 1 heterocycles. The smallest absolute Gasteiger partial charge is 0.437 e. The zero-order valence-electron chi connectivity index (χ0n) is 11.4. The average molecular weight is 282 g/mol. The number of hydrogen-bond acceptors (Lipinski definition) is 5. The predicted molar refractivity (Wildman–Crippen MR) is 73.9 cm³/mol. The van der Waals surface area contributed by atoms with Gasteiger partial charge in [-0.3, -0.25) is 0 Å². The van der Waals surface area contributed by atoms with Gasteiger partial charge in [-0.05, 0) is 31.9 Å². The number of fused-ring (bicyclic) bond motifs is 1. The fourth-order valence-corrected chi connectivity index (χ4v) is 3.40. The van der Waals surface area contributed by atoms with E-state index in [1.54, 1.807) is 11.8 Å². The highest BCUT2D eigenvalue weighted by atomic mass is 32.2. The van der Waals surface area contributed by atoms with E-state index in [4.69, 9.17) is 9.47 Å². The molecule has 0 radical (unpaired) electrons. The summed E-state index contributed by atoms with van der Waals surface area (Å²) in [5.41, 5.74) is 2.16. The Morgan fingerprint density at radius 3 is 2.95 bits per heavy atom. The van der Waals surface area contributed by atoms with Crippen LogP contribution in [0.2, 0.25) is 0 Å². The average Bonchev–Trinajstić information content (AvgIpc) is 2.42. The molecule has 0 amide bonds. The van der Waals surface area contributed by atoms with Gasteiger partial charge in [0.05, 0.1) is 13.2 Å². The van der Waals surface area contributed by atoms with Crippen molar-refractivity contribution in [1.82, 2.24) is 0 Å². The molecule has 0 spiro atoms. The third-order valence-corrected chi connectivity index (χ3v) is 4.36. The van der Waals surface area contributed by atoms with E-state index in [2.05, 4.69) is 4.74 Å². The molecule has 19 heavy (non-hydrogen) atoms. The van der Waals surface area contributed by atoms with Crippen LogP contribution in [0.5, 0.6) is 5.75 Å². The molecule has 2 rings (SSSR count). The molecule has 0 N–H and O–H groups in total. The molecule has 104 valence electrons. The standard InChI is InChI=1S/C14H18O4S/c1-4-17-12-7-8-19-13-9(2)11(6-5-10(12)13)18-14(15)16-3/h5-6,12H,4,7-8H2,1-3H3. The maximum absolute atomic E-state index is 11.2. The van der Waals surface area contributed by atoms with Crippen molar-refractivity contribution in [3.05, 3.63) is 23.3 Å². The molecule has 1 aromatic carbocycles. The van der Waals surface area contributed by atoms with E-state index in [1.807, 2.05) is 26.0 Å². The van der Waals surface area contributed by atoms with Crippen LogP contribution >= 0.6 is 11.8 Å². The van der Waals surface area contributed by atoms with E-state index in [0.29, 0.717) is 12.4 Å². The lowest BCUT2D eigenvalue weighted by Crippen LogP contribution is -2.14. The maximum Gasteiger partial charge on any atom is 0.513 e. The quantitative estimate of drug-likeness (QED) is 0.624. The molecule has 1 atom stereocenters. The summed E-state index contributed by atoms with van der Waals surface area (Å²) in [6.45, 7) is 4.66. The fraction of sp³-hybridized carbons (Fsp3) is 0.500. The number of carbonyl (C=O) groups excluding carboxylic acids is 1. The number of ether oxygens (including phenoxy) is 3. The Hall–Kier alpha value is -1.20. The molecule has 1 unspecified atom stereocenters. The van der Waals surface area contributed by atoms with Gasteiger partial charge in [-0.25, -0.2) is 4.79 Å². The monoisotopic (exact) mass is 282 g/mol. The largest absolute Gasteiger partial charge is 0.513 e. The van der Waals surface area contributed by atoms with E-state index in [9.17, 15) is 4.79 Å². The van der Waals surface area contributed by atoms with Gasteiger partial charge in [0.1, 0.15) is 5.75 Å². The van der Waals surface area contributed by atoms with Crippen LogP contribution in [0.4, 0.5) is 4.79 Å². The van der Waals surface area contributed by atoms with Crippen molar-refractivity contribution in [1.29, 1.82) is 0 Å². The lowest BCUT2D eigenvalue weighted by Gasteiger charge is -2.26. The summed E-state index contributed by atoms with van der Waals surface area (Å²) in [5, 5.41) is 0. The van der Waals surface area contributed by atoms with Crippen molar-refractivity contribution >= 4 is 17.9 Å². The Morgan fingerprint density at radius 2 is 2.26 bits per heavy atom. The maximum atomic E-state index is 11.2. The fourth-order valence-electron chi connectivity index (χ4n) is 2.18. The van der Waals surface area contributed by atoms with Crippen LogP contribution < -0.4 is 4.74 Å². The first kappa shape index (κ1) is 14.2. The van der Waals surface area contributed by atoms with Crippen LogP contribution in [0.15, 0.2) is 17.0 Å². The molecule has 4 nitrogen and oxygen atoms in total. The first-order valence-corrected chi connectivity index (χ1v) is 7.29. The Balaban J connectivity index is 2.31. The molecule has 1 aromatic rings. The molecule has 0 aliphatic carbocycles. The summed E-state index contributed by atoms with van der Waals surface area (Å²) in [6, 6.07) is 3.79. The van der Waals surface area contributed by atoms with Crippen molar-refractivity contribution in [3.63, 3.8) is 0 Å². The zero-order chi connectivity index (χ0) is 13.8. The normalized spacial score (nSPS) is 17.7. The van der Waals surface area contributed by atoms with E-state index in [1.165, 1.54) is 12.7 Å². The first-order valence-electron chi connectivity index (χ1n) is 6.31. The van der Waals surface area contributed by atoms with E-state index in [-0.39, 0.29) is 6.10 Å². The number of carbonyl (C=O) groups is 1. The van der Waals surface area contributed by atoms with Crippen molar-refractivity contribution in [2.45, 2.75) is 31.3 Å². The summed E-state index contributed by atoms with van der Waals surface area (Å²) < 4.78 is 15.4. The SMILES string of the molecule is CCOC1CCSc2c1ccc(OC(=O)OC)c2C. The second-order valence-corrected chi connectivity index (χ2v) is 5.35. The highest BCUT2D eigenvalue weighted by Gasteiger charge is 2.24. The van der Waals surface area contributed by atoms with Crippen molar-refractivity contribution in [2.75, 3.05) is 19.5 Å². The lowest BCUT2D eigenvalue weighted by atomic mass is 10.0. The number of benzene rings is 1. The highest BCUT2D eigenvalue weighted by molar-refractivity contribution is 7.99. The van der Waals surface area contributed by atoms with Gasteiger partial charge < -0.3 is 14.2 Å². The molecule has 0 bridgehead atoms. The minimum Gasteiger partial charge on any atom is -0.437 e. The van der Waals surface area contributed by atoms with Gasteiger partial charge in [-0.15, -0.1) is 11.8 Å². The Kier molecular flexibility index (Phi) is 4.71. The lowest BCUT2D eigenvalue weighted by molar-refractivity contribution is 0.0574. The molecule has 0 saturated heterocycles. The van der Waals surface area contributed by atoms with Crippen LogP contribution in [0.3, 0.4) is 0 Å². The van der Waals surface area contributed by atoms with Crippen LogP contribution in [0, 0.1) is 6.92 Å². The number of thioether (sulfide) groups is 1. The number of rotatable bonds is 3. The summed E-state index contributed by atoms with van der Waals surface area (Å²) in [5.74, 6) is 1.57. The van der Waals surface area contributed by atoms with E-state index >= 15 is 0 Å². The van der Waals surface area contributed by atoms with Gasteiger partial charge in [0.2, 0.25) is 0 Å². The van der Waals surface area contributed by atoms with Gasteiger partial charge in [0.15, 0.2) is 0 Å². The Labute approximate surface area is 117 Å². The molecule has 0 aromatic heterocycles. The minimum atomic E-state index is -0.690. The van der Waals surface area contributed by atoms with Crippen LogP contribution in [-0.2, 0) is 9.47 Å². The first-order chi connectivity index (χ1) is 9.17. The van der Waals surface area contributed by atoms with Gasteiger partial charge in [-0.1, -0.05) is 6.07 Å². The third kappa shape index (κ3) is 3.04. The van der Waals surface area contributed by atoms with Gasteiger partial charge in [0, 0.05) is 22.8 Å². The zero-order valence-corrected chi connectivity index (χ0v) is 12.2. The molecule has 0 fully saturated rings. The van der Waals surface area contributed by atoms with E-state index in [0.717, 1.165) is 22.6 Å². The third-order valence-electron chi connectivity index (χ3n) is 3.09. The van der Waals surface area contributed by atoms with Crippen molar-refractivity contribution in [2.24, 2.45) is 0 Å². The minimum absolute atomic E-state index is 0.145. The van der Waals surface area contributed by atoms with Crippen molar-refractivity contribution in [3.8, 4) is 5.75 Å². The molecule has 0 saturated carbocycles. The Morgan fingerprint density at radius 1 is 1.47 bits per heavy atom. The van der Waals surface area contributed by atoms with Crippen LogP contribution in [0.1, 0.15) is 30.6 Å². The second-order valence-electron chi connectivity index (χ2n) is 4.24. The molecule has 1 aliphatic heterocycles. The van der Waals surface area contributed by atoms with E-state index < -0.39 is 6.16 Å². The summed E-state index contributed by atoms with van der Waals surface area (Å²) in [7, 11) is 1.30. The van der Waals surface area contributed by atoms with Gasteiger partial charge >= 0.3 is 6.16 Å². The highest BCUT2D eigenvalue weighted by Crippen LogP contribution is 2.42. The Bertz CT molecular complexity index is 473. The summed E-state index contributed by atoms with van der Waals surface area (Å²) in [4.78, 5) is 12.4. The van der Waals surface area contributed by atoms with Crippen LogP contribution in [0.25, 0.3) is 0 Å². The predicted octanol–water partition coefficient (Wildman–Crippen LogP) is 3.71. The van der Waals surface area contributed by atoms with Gasteiger partial charge in [-0.2, -0.15) is 0 Å². The van der Waals surface area contributed by atoms with Crippen molar-refractivity contribution < 1.29 is 19.0 Å². The molecular formula is C14H18O4S. The second kappa shape index (κ2) is 6.30.